The van der Waals surface area contributed by atoms with Crippen LogP contribution in [-0.2, 0) is 0 Å². The molecule has 6 rings (SSSR count). The Balaban J connectivity index is 1.53. The van der Waals surface area contributed by atoms with Crippen molar-refractivity contribution >= 4 is 45.5 Å². The third-order valence-electron chi connectivity index (χ3n) is 6.41. The lowest BCUT2D eigenvalue weighted by atomic mass is 10.0. The van der Waals surface area contributed by atoms with E-state index in [2.05, 4.69) is 11.4 Å². The summed E-state index contributed by atoms with van der Waals surface area (Å²) in [7, 11) is 3.28. The number of benzene rings is 3. The third kappa shape index (κ3) is 4.41. The van der Waals surface area contributed by atoms with Crippen LogP contribution < -0.4 is 14.5 Å². The molecule has 3 heterocycles. The standard InChI is InChI=1S/C29H23ClN4O2S/c1-35-25-13-10-19(15-26(25)36-2)24-17-23(27-9-6-14-37-27)33-34(24)29-31-22-12-11-20(30)16-21(22)28(32-29)18-7-4-3-5-8-18/h3-16,24H,17H2,1-2H3/t24-/m1/s1. The molecule has 1 atom stereocenters. The van der Waals surface area contributed by atoms with Gasteiger partial charge in [-0.15, -0.1) is 11.3 Å². The van der Waals surface area contributed by atoms with E-state index in [0.717, 1.165) is 38.3 Å². The Morgan fingerprint density at radius 3 is 2.49 bits per heavy atom. The topological polar surface area (TPSA) is 59.8 Å². The van der Waals surface area contributed by atoms with Crippen molar-refractivity contribution < 1.29 is 9.47 Å². The number of aromatic nitrogens is 2. The molecule has 0 aliphatic carbocycles. The van der Waals surface area contributed by atoms with Crippen molar-refractivity contribution in [3.63, 3.8) is 0 Å². The lowest BCUT2D eigenvalue weighted by Crippen LogP contribution is -2.21. The van der Waals surface area contributed by atoms with Gasteiger partial charge in [0.1, 0.15) is 0 Å². The Morgan fingerprint density at radius 2 is 1.73 bits per heavy atom. The van der Waals surface area contributed by atoms with Crippen LogP contribution in [0, 0.1) is 0 Å². The Morgan fingerprint density at radius 1 is 0.892 bits per heavy atom. The van der Waals surface area contributed by atoms with E-state index >= 15 is 0 Å². The fourth-order valence-corrected chi connectivity index (χ4v) is 5.51. The van der Waals surface area contributed by atoms with Crippen LogP contribution in [0.15, 0.2) is 89.3 Å². The molecule has 0 fully saturated rings. The highest BCUT2D eigenvalue weighted by molar-refractivity contribution is 7.12. The first-order valence-corrected chi connectivity index (χ1v) is 13.1. The molecule has 0 saturated carbocycles. The van der Waals surface area contributed by atoms with E-state index in [1.807, 2.05) is 77.8 Å². The van der Waals surface area contributed by atoms with Crippen molar-refractivity contribution in [2.24, 2.45) is 5.10 Å². The average Bonchev–Trinajstić information content (AvgIpc) is 3.63. The maximum Gasteiger partial charge on any atom is 0.247 e. The second kappa shape index (κ2) is 9.84. The molecule has 3 aromatic carbocycles. The Hall–Kier alpha value is -3.94. The van der Waals surface area contributed by atoms with E-state index in [0.29, 0.717) is 28.9 Å². The number of hydrogen-bond acceptors (Lipinski definition) is 7. The predicted molar refractivity (Wildman–Crippen MR) is 150 cm³/mol. The Kier molecular flexibility index (Phi) is 6.24. The normalized spacial score (nSPS) is 15.2. The zero-order valence-electron chi connectivity index (χ0n) is 20.3. The lowest BCUT2D eigenvalue weighted by molar-refractivity contribution is 0.354. The van der Waals surface area contributed by atoms with Gasteiger partial charge in [0, 0.05) is 22.4 Å². The number of ether oxygens (including phenoxy) is 2. The van der Waals surface area contributed by atoms with Crippen molar-refractivity contribution in [1.29, 1.82) is 0 Å². The predicted octanol–water partition coefficient (Wildman–Crippen LogP) is 7.38. The van der Waals surface area contributed by atoms with Gasteiger partial charge < -0.3 is 9.47 Å². The number of halogens is 1. The number of hydrazone groups is 1. The highest BCUT2D eigenvalue weighted by atomic mass is 35.5. The number of nitrogens with zero attached hydrogens (tertiary/aromatic N) is 4. The first-order chi connectivity index (χ1) is 18.1. The van der Waals surface area contributed by atoms with E-state index in [1.54, 1.807) is 25.6 Å². The molecule has 184 valence electrons. The average molecular weight is 527 g/mol. The Bertz CT molecular complexity index is 1610. The number of methoxy groups -OCH3 is 2. The van der Waals surface area contributed by atoms with Gasteiger partial charge in [-0.2, -0.15) is 5.10 Å². The van der Waals surface area contributed by atoms with Crippen molar-refractivity contribution in [3.8, 4) is 22.8 Å². The van der Waals surface area contributed by atoms with E-state index in [-0.39, 0.29) is 6.04 Å². The molecule has 1 aliphatic rings. The van der Waals surface area contributed by atoms with Gasteiger partial charge >= 0.3 is 0 Å². The van der Waals surface area contributed by atoms with E-state index in [1.165, 1.54) is 0 Å². The molecule has 0 amide bonds. The number of rotatable bonds is 6. The monoisotopic (exact) mass is 526 g/mol. The van der Waals surface area contributed by atoms with Crippen LogP contribution in [0.1, 0.15) is 22.9 Å². The van der Waals surface area contributed by atoms with Gasteiger partial charge in [-0.3, -0.25) is 0 Å². The van der Waals surface area contributed by atoms with Gasteiger partial charge in [-0.25, -0.2) is 15.0 Å². The molecular weight excluding hydrogens is 504 g/mol. The van der Waals surface area contributed by atoms with Crippen LogP contribution in [0.3, 0.4) is 0 Å². The summed E-state index contributed by atoms with van der Waals surface area (Å²) in [5.41, 5.74) is 4.64. The molecule has 6 nitrogen and oxygen atoms in total. The van der Waals surface area contributed by atoms with Crippen LogP contribution in [0.2, 0.25) is 5.02 Å². The zero-order valence-corrected chi connectivity index (χ0v) is 21.8. The smallest absolute Gasteiger partial charge is 0.247 e. The molecule has 5 aromatic rings. The fourth-order valence-electron chi connectivity index (χ4n) is 4.61. The van der Waals surface area contributed by atoms with Crippen molar-refractivity contribution in [2.75, 3.05) is 19.2 Å². The van der Waals surface area contributed by atoms with Gasteiger partial charge in [-0.1, -0.05) is 54.1 Å². The largest absolute Gasteiger partial charge is 0.493 e. The molecule has 1 aliphatic heterocycles. The molecule has 2 aromatic heterocycles. The second-order valence-electron chi connectivity index (χ2n) is 8.60. The van der Waals surface area contributed by atoms with Gasteiger partial charge in [0.2, 0.25) is 5.95 Å². The summed E-state index contributed by atoms with van der Waals surface area (Å²) in [4.78, 5) is 11.1. The van der Waals surface area contributed by atoms with Crippen LogP contribution in [0.25, 0.3) is 22.2 Å². The van der Waals surface area contributed by atoms with Gasteiger partial charge in [0.05, 0.1) is 42.1 Å². The quantitative estimate of drug-likeness (QED) is 0.231. The molecule has 0 bridgehead atoms. The van der Waals surface area contributed by atoms with E-state index < -0.39 is 0 Å². The summed E-state index contributed by atoms with van der Waals surface area (Å²) in [6.07, 6.45) is 0.707. The fraction of sp³-hybridized carbons (Fsp3) is 0.138. The molecular formula is C29H23ClN4O2S. The van der Waals surface area contributed by atoms with Crippen LogP contribution in [0.4, 0.5) is 5.95 Å². The van der Waals surface area contributed by atoms with E-state index in [4.69, 9.17) is 36.1 Å². The molecule has 37 heavy (non-hydrogen) atoms. The molecule has 0 unspecified atom stereocenters. The summed E-state index contributed by atoms with van der Waals surface area (Å²) in [6.45, 7) is 0. The van der Waals surface area contributed by atoms with Gasteiger partial charge in [-0.05, 0) is 47.3 Å². The maximum absolute atomic E-state index is 6.37. The van der Waals surface area contributed by atoms with Gasteiger partial charge in [0.15, 0.2) is 11.5 Å². The lowest BCUT2D eigenvalue weighted by Gasteiger charge is -2.23. The second-order valence-corrected chi connectivity index (χ2v) is 9.99. The zero-order chi connectivity index (χ0) is 25.4. The minimum atomic E-state index is -0.120. The van der Waals surface area contributed by atoms with Crippen LogP contribution in [0.5, 0.6) is 11.5 Å². The minimum absolute atomic E-state index is 0.120. The number of fused-ring (bicyclic) bond motifs is 1. The highest BCUT2D eigenvalue weighted by Gasteiger charge is 2.33. The number of hydrogen-bond donors (Lipinski definition) is 0. The van der Waals surface area contributed by atoms with Crippen molar-refractivity contribution in [2.45, 2.75) is 12.5 Å². The van der Waals surface area contributed by atoms with Crippen molar-refractivity contribution in [3.05, 3.63) is 99.7 Å². The molecule has 0 radical (unpaired) electrons. The summed E-state index contributed by atoms with van der Waals surface area (Å²) < 4.78 is 11.1. The summed E-state index contributed by atoms with van der Waals surface area (Å²) in [5.74, 6) is 1.88. The number of anilines is 1. The first kappa shape index (κ1) is 23.5. The molecule has 0 saturated heterocycles. The Labute approximate surface area is 223 Å². The molecule has 0 N–H and O–H groups in total. The van der Waals surface area contributed by atoms with Crippen LogP contribution in [-0.4, -0.2) is 29.9 Å². The maximum atomic E-state index is 6.37. The summed E-state index contributed by atoms with van der Waals surface area (Å²) >= 11 is 8.04. The third-order valence-corrected chi connectivity index (χ3v) is 7.56. The molecule has 0 spiro atoms. The first-order valence-electron chi connectivity index (χ1n) is 11.8. The minimum Gasteiger partial charge on any atom is -0.493 e. The highest BCUT2D eigenvalue weighted by Crippen LogP contribution is 2.40. The number of thiophene rings is 1. The van der Waals surface area contributed by atoms with Gasteiger partial charge in [0.25, 0.3) is 0 Å². The van der Waals surface area contributed by atoms with Crippen molar-refractivity contribution in [1.82, 2.24) is 9.97 Å². The summed E-state index contributed by atoms with van der Waals surface area (Å²) in [5, 5.41) is 10.6. The van der Waals surface area contributed by atoms with Crippen LogP contribution >= 0.6 is 22.9 Å². The SMILES string of the molecule is COc1ccc([C@H]2CC(c3cccs3)=NN2c2nc(-c3ccccc3)c3cc(Cl)ccc3n2)cc1OC. The molecule has 8 heteroatoms. The van der Waals surface area contributed by atoms with E-state index in [9.17, 15) is 0 Å². The summed E-state index contributed by atoms with van der Waals surface area (Å²) in [6, 6.07) is 25.8.